The molecule has 1 atom stereocenters. The Morgan fingerprint density at radius 1 is 1.15 bits per heavy atom. The number of rotatable bonds is 6. The molecular weight excluding hydrogens is 381 g/mol. The second-order valence-corrected chi connectivity index (χ2v) is 6.40. The van der Waals surface area contributed by atoms with Gasteiger partial charge in [-0.05, 0) is 71.3 Å². The van der Waals surface area contributed by atoms with E-state index in [9.17, 15) is 0 Å². The van der Waals surface area contributed by atoms with E-state index in [1.165, 1.54) is 14.7 Å². The van der Waals surface area contributed by atoms with Crippen LogP contribution in [0.15, 0.2) is 48.5 Å². The molecule has 1 N–H and O–H groups in total. The predicted molar refractivity (Wildman–Crippen MR) is 95.3 cm³/mol. The minimum Gasteiger partial charge on any atom is -0.310 e. The van der Waals surface area contributed by atoms with Crippen molar-refractivity contribution in [3.05, 3.63) is 68.3 Å². The van der Waals surface area contributed by atoms with Crippen LogP contribution in [-0.4, -0.2) is 6.54 Å². The maximum absolute atomic E-state index is 6.15. The van der Waals surface area contributed by atoms with Crippen molar-refractivity contribution in [1.29, 1.82) is 0 Å². The molecule has 0 saturated carbocycles. The third kappa shape index (κ3) is 4.47. The Morgan fingerprint density at radius 3 is 2.60 bits per heavy atom. The fourth-order valence-electron chi connectivity index (χ4n) is 2.35. The average molecular weight is 400 g/mol. The van der Waals surface area contributed by atoms with Crippen molar-refractivity contribution < 1.29 is 0 Å². The van der Waals surface area contributed by atoms with Gasteiger partial charge in [-0.2, -0.15) is 0 Å². The maximum Gasteiger partial charge on any atom is 0.0410 e. The number of hydrogen-bond donors (Lipinski definition) is 1. The summed E-state index contributed by atoms with van der Waals surface area (Å²) in [5.74, 6) is 0. The first-order valence-corrected chi connectivity index (χ1v) is 8.38. The average Bonchev–Trinajstić information content (AvgIpc) is 2.47. The van der Waals surface area contributed by atoms with Gasteiger partial charge in [0.1, 0.15) is 0 Å². The van der Waals surface area contributed by atoms with Crippen LogP contribution in [0, 0.1) is 3.57 Å². The quantitative estimate of drug-likeness (QED) is 0.656. The Morgan fingerprint density at radius 2 is 1.90 bits per heavy atom. The minimum atomic E-state index is 0.353. The summed E-state index contributed by atoms with van der Waals surface area (Å²) in [6.45, 7) is 3.11. The molecule has 0 radical (unpaired) electrons. The highest BCUT2D eigenvalue weighted by atomic mass is 127. The van der Waals surface area contributed by atoms with Gasteiger partial charge in [-0.15, -0.1) is 0 Å². The number of nitrogens with one attached hydrogen (secondary N) is 1. The van der Waals surface area contributed by atoms with E-state index < -0.39 is 0 Å². The zero-order chi connectivity index (χ0) is 14.4. The number of aryl methyl sites for hydroxylation is 1. The lowest BCUT2D eigenvalue weighted by Gasteiger charge is -2.20. The van der Waals surface area contributed by atoms with Crippen LogP contribution in [-0.2, 0) is 6.42 Å². The Kier molecular flexibility index (Phi) is 6.33. The van der Waals surface area contributed by atoms with Gasteiger partial charge in [0.25, 0.3) is 0 Å². The van der Waals surface area contributed by atoms with Crippen LogP contribution < -0.4 is 5.32 Å². The monoisotopic (exact) mass is 399 g/mol. The molecule has 0 saturated heterocycles. The van der Waals surface area contributed by atoms with Crippen LogP contribution >= 0.6 is 34.2 Å². The molecule has 0 aliphatic carbocycles. The van der Waals surface area contributed by atoms with Gasteiger partial charge in [0.2, 0.25) is 0 Å². The van der Waals surface area contributed by atoms with Crippen LogP contribution in [0.3, 0.4) is 0 Å². The molecule has 2 aromatic rings. The largest absolute Gasteiger partial charge is 0.310 e. The lowest BCUT2D eigenvalue weighted by Crippen LogP contribution is -2.22. The van der Waals surface area contributed by atoms with Crippen molar-refractivity contribution in [3.8, 4) is 0 Å². The summed E-state index contributed by atoms with van der Waals surface area (Å²) in [6.07, 6.45) is 2.15. The second-order valence-electron chi connectivity index (χ2n) is 4.80. The van der Waals surface area contributed by atoms with Crippen molar-refractivity contribution >= 4 is 34.2 Å². The normalized spacial score (nSPS) is 12.3. The summed E-state index contributed by atoms with van der Waals surface area (Å²) in [5, 5.41) is 4.38. The fraction of sp³-hybridized carbons (Fsp3) is 0.294. The first kappa shape index (κ1) is 15.8. The maximum atomic E-state index is 6.15. The van der Waals surface area contributed by atoms with E-state index in [0.29, 0.717) is 6.04 Å². The van der Waals surface area contributed by atoms with Crippen molar-refractivity contribution in [1.82, 2.24) is 5.32 Å². The Labute approximate surface area is 139 Å². The topological polar surface area (TPSA) is 12.0 Å². The highest BCUT2D eigenvalue weighted by Crippen LogP contribution is 2.27. The van der Waals surface area contributed by atoms with Gasteiger partial charge in [-0.25, -0.2) is 0 Å². The van der Waals surface area contributed by atoms with Gasteiger partial charge >= 0.3 is 0 Å². The molecule has 0 heterocycles. The van der Waals surface area contributed by atoms with Gasteiger partial charge in [-0.1, -0.05) is 48.9 Å². The van der Waals surface area contributed by atoms with Gasteiger partial charge in [0.05, 0.1) is 0 Å². The van der Waals surface area contributed by atoms with E-state index in [1.807, 2.05) is 6.07 Å². The molecule has 2 rings (SSSR count). The van der Waals surface area contributed by atoms with Crippen molar-refractivity contribution in [2.75, 3.05) is 6.54 Å². The number of halogens is 2. The van der Waals surface area contributed by atoms with Crippen LogP contribution in [0.1, 0.15) is 30.5 Å². The third-order valence-corrected chi connectivity index (χ3v) is 4.57. The summed E-state index contributed by atoms with van der Waals surface area (Å²) in [7, 11) is 0. The van der Waals surface area contributed by atoms with Crippen LogP contribution in [0.25, 0.3) is 0 Å². The third-order valence-electron chi connectivity index (χ3n) is 3.35. The van der Waals surface area contributed by atoms with Gasteiger partial charge in [0.15, 0.2) is 0 Å². The first-order chi connectivity index (χ1) is 9.70. The predicted octanol–water partition coefficient (Wildman–Crippen LogP) is 5.23. The van der Waals surface area contributed by atoms with Gasteiger partial charge in [-0.3, -0.25) is 0 Å². The highest BCUT2D eigenvalue weighted by molar-refractivity contribution is 14.1. The van der Waals surface area contributed by atoms with E-state index in [-0.39, 0.29) is 0 Å². The summed E-state index contributed by atoms with van der Waals surface area (Å²) in [6, 6.07) is 17.1. The molecule has 0 amide bonds. The summed E-state index contributed by atoms with van der Waals surface area (Å²) >= 11 is 8.53. The van der Waals surface area contributed by atoms with E-state index in [2.05, 4.69) is 77.3 Å². The van der Waals surface area contributed by atoms with Crippen LogP contribution in [0.5, 0.6) is 0 Å². The molecule has 2 aromatic carbocycles. The van der Waals surface area contributed by atoms with E-state index >= 15 is 0 Å². The number of benzene rings is 2. The SMILES string of the molecule is CCNC(CCc1ccccc1)c1cc(Cl)ccc1I. The van der Waals surface area contributed by atoms with Gasteiger partial charge in [0, 0.05) is 14.6 Å². The van der Waals surface area contributed by atoms with Crippen LogP contribution in [0.4, 0.5) is 0 Å². The second kappa shape index (κ2) is 8.01. The zero-order valence-corrected chi connectivity index (χ0v) is 14.5. The molecule has 0 aromatic heterocycles. The minimum absolute atomic E-state index is 0.353. The van der Waals surface area contributed by atoms with Crippen molar-refractivity contribution in [2.24, 2.45) is 0 Å². The molecule has 20 heavy (non-hydrogen) atoms. The molecule has 3 heteroatoms. The Bertz CT molecular complexity index is 542. The lowest BCUT2D eigenvalue weighted by molar-refractivity contribution is 0.513. The molecule has 0 bridgehead atoms. The first-order valence-electron chi connectivity index (χ1n) is 6.93. The van der Waals surface area contributed by atoms with E-state index in [4.69, 9.17) is 11.6 Å². The molecule has 1 unspecified atom stereocenters. The van der Waals surface area contributed by atoms with E-state index in [0.717, 1.165) is 24.4 Å². The zero-order valence-electron chi connectivity index (χ0n) is 11.6. The van der Waals surface area contributed by atoms with Crippen molar-refractivity contribution in [3.63, 3.8) is 0 Å². The standard InChI is InChI=1S/C17H19ClIN/c1-2-20-17(11-8-13-6-4-3-5-7-13)15-12-14(18)9-10-16(15)19/h3-7,9-10,12,17,20H,2,8,11H2,1H3. The molecule has 106 valence electrons. The summed E-state index contributed by atoms with van der Waals surface area (Å²) < 4.78 is 1.27. The smallest absolute Gasteiger partial charge is 0.0410 e. The number of hydrogen-bond acceptors (Lipinski definition) is 1. The Balaban J connectivity index is 2.12. The van der Waals surface area contributed by atoms with Gasteiger partial charge < -0.3 is 5.32 Å². The molecule has 0 aliphatic rings. The van der Waals surface area contributed by atoms with E-state index in [1.54, 1.807) is 0 Å². The molecule has 1 nitrogen and oxygen atoms in total. The Hall–Kier alpha value is -0.580. The molecule has 0 spiro atoms. The lowest BCUT2D eigenvalue weighted by atomic mass is 9.99. The fourth-order valence-corrected chi connectivity index (χ4v) is 3.24. The summed E-state index contributed by atoms with van der Waals surface area (Å²) in [4.78, 5) is 0. The summed E-state index contributed by atoms with van der Waals surface area (Å²) in [5.41, 5.74) is 2.68. The highest BCUT2D eigenvalue weighted by Gasteiger charge is 2.14. The van der Waals surface area contributed by atoms with Crippen molar-refractivity contribution in [2.45, 2.75) is 25.8 Å². The molecular formula is C17H19ClIN. The molecule has 0 aliphatic heterocycles. The molecule has 0 fully saturated rings. The van der Waals surface area contributed by atoms with Crippen LogP contribution in [0.2, 0.25) is 5.02 Å².